The van der Waals surface area contributed by atoms with Gasteiger partial charge >= 0.3 is 0 Å². The maximum atomic E-state index is 12.3. The van der Waals surface area contributed by atoms with E-state index in [2.05, 4.69) is 10.0 Å². The summed E-state index contributed by atoms with van der Waals surface area (Å²) in [5, 5.41) is 4.26. The zero-order valence-electron chi connectivity index (χ0n) is 13.1. The van der Waals surface area contributed by atoms with Gasteiger partial charge in [-0.3, -0.25) is 4.72 Å². The van der Waals surface area contributed by atoms with Crippen LogP contribution in [0, 0.1) is 4.91 Å². The first-order valence-corrected chi connectivity index (χ1v) is 8.95. The number of nitroso groups, excluding NO2 is 1. The molecule has 3 aromatic rings. The second-order valence-corrected chi connectivity index (χ2v) is 6.88. The molecular formula is C18H15N3O3S. The number of sulfonamides is 1. The Morgan fingerprint density at radius 2 is 1.24 bits per heavy atom. The highest BCUT2D eigenvalue weighted by Gasteiger charge is 2.14. The highest BCUT2D eigenvalue weighted by atomic mass is 32.2. The predicted octanol–water partition coefficient (Wildman–Crippen LogP) is 4.31. The minimum Gasteiger partial charge on any atom is -0.280 e. The van der Waals surface area contributed by atoms with Crippen LogP contribution in [0.5, 0.6) is 0 Å². The van der Waals surface area contributed by atoms with Crippen LogP contribution in [0.15, 0.2) is 95.1 Å². The molecule has 0 fully saturated rings. The smallest absolute Gasteiger partial charge is 0.261 e. The number of para-hydroxylation sites is 1. The van der Waals surface area contributed by atoms with Crippen molar-refractivity contribution in [1.82, 2.24) is 0 Å². The van der Waals surface area contributed by atoms with Gasteiger partial charge in [-0.2, -0.15) is 5.01 Å². The van der Waals surface area contributed by atoms with Crippen LogP contribution >= 0.6 is 0 Å². The van der Waals surface area contributed by atoms with Crippen molar-refractivity contribution in [3.05, 3.63) is 89.8 Å². The number of hydrogen-bond acceptors (Lipinski definition) is 4. The first-order chi connectivity index (χ1) is 12.1. The van der Waals surface area contributed by atoms with E-state index in [4.69, 9.17) is 0 Å². The second-order valence-electron chi connectivity index (χ2n) is 5.19. The number of nitrogens with zero attached hydrogens (tertiary/aromatic N) is 2. The van der Waals surface area contributed by atoms with Crippen molar-refractivity contribution in [3.8, 4) is 0 Å². The lowest BCUT2D eigenvalue weighted by molar-refractivity contribution is 0.601. The molecule has 0 heterocycles. The average Bonchev–Trinajstić information content (AvgIpc) is 2.65. The van der Waals surface area contributed by atoms with Crippen LogP contribution in [0.25, 0.3) is 0 Å². The van der Waals surface area contributed by atoms with Crippen LogP contribution in [0.3, 0.4) is 0 Å². The maximum absolute atomic E-state index is 12.3. The molecule has 0 aliphatic heterocycles. The van der Waals surface area contributed by atoms with E-state index >= 15 is 0 Å². The molecular weight excluding hydrogens is 338 g/mol. The molecule has 0 bridgehead atoms. The third kappa shape index (κ3) is 3.84. The van der Waals surface area contributed by atoms with Crippen LogP contribution in [-0.4, -0.2) is 8.42 Å². The summed E-state index contributed by atoms with van der Waals surface area (Å²) >= 11 is 0. The lowest BCUT2D eigenvalue weighted by atomic mass is 10.2. The second kappa shape index (κ2) is 7.14. The molecule has 0 saturated heterocycles. The fourth-order valence-corrected chi connectivity index (χ4v) is 3.38. The van der Waals surface area contributed by atoms with Crippen molar-refractivity contribution in [2.45, 2.75) is 4.90 Å². The summed E-state index contributed by atoms with van der Waals surface area (Å²) in [6.07, 6.45) is 0. The van der Waals surface area contributed by atoms with Crippen molar-refractivity contribution in [2.24, 2.45) is 5.29 Å². The monoisotopic (exact) mass is 353 g/mol. The van der Waals surface area contributed by atoms with Gasteiger partial charge in [0.15, 0.2) is 0 Å². The number of anilines is 3. The Balaban J connectivity index is 1.82. The lowest BCUT2D eigenvalue weighted by Gasteiger charge is -2.16. The van der Waals surface area contributed by atoms with Crippen LogP contribution in [0.4, 0.5) is 17.1 Å². The molecule has 0 amide bonds. The number of nitrogens with one attached hydrogen (secondary N) is 1. The molecule has 0 atom stereocenters. The van der Waals surface area contributed by atoms with Gasteiger partial charge in [0.25, 0.3) is 10.0 Å². The van der Waals surface area contributed by atoms with Crippen molar-refractivity contribution in [2.75, 3.05) is 9.73 Å². The molecule has 6 nitrogen and oxygen atoms in total. The highest BCUT2D eigenvalue weighted by molar-refractivity contribution is 7.92. The van der Waals surface area contributed by atoms with Crippen molar-refractivity contribution in [3.63, 3.8) is 0 Å². The van der Waals surface area contributed by atoms with Gasteiger partial charge in [-0.05, 0) is 48.5 Å². The van der Waals surface area contributed by atoms with Gasteiger partial charge in [0.1, 0.15) is 0 Å². The van der Waals surface area contributed by atoms with E-state index in [9.17, 15) is 13.3 Å². The van der Waals surface area contributed by atoms with Crippen LogP contribution in [0.1, 0.15) is 0 Å². The molecule has 7 heteroatoms. The first-order valence-electron chi connectivity index (χ1n) is 7.46. The van der Waals surface area contributed by atoms with Gasteiger partial charge in [0.05, 0.1) is 21.6 Å². The Bertz CT molecular complexity index is 944. The third-order valence-electron chi connectivity index (χ3n) is 3.50. The molecule has 3 aromatic carbocycles. The van der Waals surface area contributed by atoms with E-state index < -0.39 is 10.0 Å². The van der Waals surface area contributed by atoms with Gasteiger partial charge < -0.3 is 0 Å². The number of hydrogen-bond donors (Lipinski definition) is 1. The van der Waals surface area contributed by atoms with Crippen molar-refractivity contribution in [1.29, 1.82) is 0 Å². The molecule has 1 N–H and O–H groups in total. The van der Waals surface area contributed by atoms with Crippen LogP contribution in [0.2, 0.25) is 0 Å². The van der Waals surface area contributed by atoms with E-state index in [1.54, 1.807) is 66.7 Å². The molecule has 25 heavy (non-hydrogen) atoms. The molecule has 3 rings (SSSR count). The SMILES string of the molecule is O=NN(c1ccccc1)c1ccc(NS(=O)(=O)c2ccccc2)cc1. The Hall–Kier alpha value is -3.19. The third-order valence-corrected chi connectivity index (χ3v) is 4.90. The summed E-state index contributed by atoms with van der Waals surface area (Å²) in [7, 11) is -3.65. The minimum atomic E-state index is -3.65. The number of benzene rings is 3. The maximum Gasteiger partial charge on any atom is 0.261 e. The lowest BCUT2D eigenvalue weighted by Crippen LogP contribution is -2.13. The average molecular weight is 353 g/mol. The molecule has 126 valence electrons. The molecule has 0 aliphatic carbocycles. The Kier molecular flexibility index (Phi) is 4.76. The van der Waals surface area contributed by atoms with Crippen LogP contribution in [-0.2, 0) is 10.0 Å². The Morgan fingerprint density at radius 1 is 0.720 bits per heavy atom. The van der Waals surface area contributed by atoms with Gasteiger partial charge in [-0.1, -0.05) is 36.4 Å². The topological polar surface area (TPSA) is 78.8 Å². The molecule has 0 unspecified atom stereocenters. The van der Waals surface area contributed by atoms with Crippen molar-refractivity contribution >= 4 is 27.1 Å². The fourth-order valence-electron chi connectivity index (χ4n) is 2.30. The summed E-state index contributed by atoms with van der Waals surface area (Å²) in [6.45, 7) is 0. The molecule has 0 saturated carbocycles. The van der Waals surface area contributed by atoms with Gasteiger partial charge in [-0.15, -0.1) is 4.91 Å². The normalized spacial score (nSPS) is 10.9. The van der Waals surface area contributed by atoms with E-state index in [1.165, 1.54) is 17.1 Å². The molecule has 0 aromatic heterocycles. The largest absolute Gasteiger partial charge is 0.280 e. The van der Waals surface area contributed by atoms with Crippen molar-refractivity contribution < 1.29 is 8.42 Å². The zero-order valence-corrected chi connectivity index (χ0v) is 13.9. The number of rotatable bonds is 6. The summed E-state index contributed by atoms with van der Waals surface area (Å²) in [5.74, 6) is 0. The Labute approximate surface area is 145 Å². The quantitative estimate of drug-likeness (QED) is 0.529. The van der Waals surface area contributed by atoms with E-state index in [0.29, 0.717) is 17.1 Å². The summed E-state index contributed by atoms with van der Waals surface area (Å²) in [6, 6.07) is 23.5. The van der Waals surface area contributed by atoms with E-state index in [0.717, 1.165) is 0 Å². The molecule has 0 aliphatic rings. The fraction of sp³-hybridized carbons (Fsp3) is 0. The zero-order chi connectivity index (χ0) is 17.7. The van der Waals surface area contributed by atoms with Gasteiger partial charge in [0.2, 0.25) is 0 Å². The summed E-state index contributed by atoms with van der Waals surface area (Å²) in [5.41, 5.74) is 1.55. The molecule has 0 radical (unpaired) electrons. The van der Waals surface area contributed by atoms with Gasteiger partial charge in [0, 0.05) is 5.69 Å². The summed E-state index contributed by atoms with van der Waals surface area (Å²) in [4.78, 5) is 11.3. The standard InChI is InChI=1S/C18H15N3O3S/c22-20-21(16-7-3-1-4-8-16)17-13-11-15(12-14-17)19-25(23,24)18-9-5-2-6-10-18/h1-14,19H. The van der Waals surface area contributed by atoms with Crippen LogP contribution < -0.4 is 9.73 Å². The van der Waals surface area contributed by atoms with E-state index in [-0.39, 0.29) is 4.90 Å². The van der Waals surface area contributed by atoms with Gasteiger partial charge in [-0.25, -0.2) is 8.42 Å². The predicted molar refractivity (Wildman–Crippen MR) is 98.1 cm³/mol. The summed E-state index contributed by atoms with van der Waals surface area (Å²) < 4.78 is 27.1. The minimum absolute atomic E-state index is 0.180. The first kappa shape index (κ1) is 16.7. The Morgan fingerprint density at radius 3 is 1.80 bits per heavy atom. The molecule has 0 spiro atoms. The highest BCUT2D eigenvalue weighted by Crippen LogP contribution is 2.27. The van der Waals surface area contributed by atoms with E-state index in [1.807, 2.05) is 6.07 Å².